The number of anilines is 2. The lowest BCUT2D eigenvalue weighted by molar-refractivity contribution is -0.746. The molecule has 0 aliphatic carbocycles. The van der Waals surface area contributed by atoms with E-state index in [9.17, 15) is 84.2 Å². The topological polar surface area (TPSA) is 830 Å². The molecule has 17 heterocycles. The molecule has 9 aromatic heterocycles. The minimum absolute atomic E-state index is 0.0280. The second kappa shape index (κ2) is 35.1. The van der Waals surface area contributed by atoms with Crippen molar-refractivity contribution in [1.29, 1.82) is 5.41 Å². The lowest BCUT2D eigenvalue weighted by Gasteiger charge is -2.30. The Bertz CT molecular complexity index is 5670. The van der Waals surface area contributed by atoms with Crippen LogP contribution in [0.25, 0.3) is 44.7 Å². The number of aryl methyl sites for hydroxylation is 2. The fourth-order valence-corrected chi connectivity index (χ4v) is 16.6. The van der Waals surface area contributed by atoms with Crippen LogP contribution in [-0.2, 0) is 95.9 Å². The van der Waals surface area contributed by atoms with E-state index in [1.165, 1.54) is 60.3 Å². The van der Waals surface area contributed by atoms with Crippen LogP contribution >= 0.6 is 39.1 Å². The van der Waals surface area contributed by atoms with Crippen molar-refractivity contribution >= 4 is 126 Å². The Morgan fingerprint density at radius 3 is 1.62 bits per heavy atom. The van der Waals surface area contributed by atoms with Crippen LogP contribution in [0.3, 0.4) is 0 Å². The third kappa shape index (κ3) is 18.8. The van der Waals surface area contributed by atoms with E-state index in [4.69, 9.17) is 101 Å². The van der Waals surface area contributed by atoms with Gasteiger partial charge in [-0.05, 0) is 18.2 Å². The highest BCUT2D eigenvalue weighted by atomic mass is 32.1. The van der Waals surface area contributed by atoms with Crippen molar-refractivity contribution in [3.05, 3.63) is 85.4 Å². The Morgan fingerprint density at radius 1 is 0.557 bits per heavy atom. The number of aliphatic hydroxyl groups excluding tert-OH is 10. The summed E-state index contributed by atoms with van der Waals surface area (Å²) in [6.45, 7) is -0.514. The summed E-state index contributed by atoms with van der Waals surface area (Å²) >= 11 is 5.25. The summed E-state index contributed by atoms with van der Waals surface area (Å²) in [5.41, 5.74) is 9.90. The highest BCUT2D eigenvalue weighted by molar-refractivity contribution is 7.59. The summed E-state index contributed by atoms with van der Waals surface area (Å²) in [4.78, 5) is 121. The van der Waals surface area contributed by atoms with Gasteiger partial charge in [0, 0.05) is 13.1 Å². The molecule has 24 N–H and O–H groups in total. The van der Waals surface area contributed by atoms with Gasteiger partial charge in [0.2, 0.25) is 12.5 Å². The molecule has 666 valence electrons. The molecule has 2 bridgehead atoms. The lowest BCUT2D eigenvalue weighted by atomic mass is 9.94. The summed E-state index contributed by atoms with van der Waals surface area (Å²) in [5, 5.41) is 137. The first-order chi connectivity index (χ1) is 57.0. The number of nitrogens with two attached hydrogens (primary N) is 1. The van der Waals surface area contributed by atoms with E-state index < -0.39 is 200 Å². The van der Waals surface area contributed by atoms with Crippen LogP contribution in [0.5, 0.6) is 5.75 Å². The number of ether oxygens (including phenoxy) is 5. The molecule has 57 nitrogen and oxygen atoms in total. The van der Waals surface area contributed by atoms with E-state index in [-0.39, 0.29) is 56.4 Å². The number of hydrogen-bond acceptors (Lipinski definition) is 40. The van der Waals surface area contributed by atoms with Gasteiger partial charge < -0.3 is 152 Å². The zero-order chi connectivity index (χ0) is 89.0. The number of nitrogens with zero attached hydrogens (tertiary/aromatic N) is 18. The second-order valence-corrected chi connectivity index (χ2v) is 34.5. The van der Waals surface area contributed by atoms with Crippen LogP contribution in [0.15, 0.2) is 78.4 Å². The van der Waals surface area contributed by atoms with E-state index >= 15 is 0 Å². The molecule has 22 atom stereocenters. The van der Waals surface area contributed by atoms with Crippen molar-refractivity contribution in [3.63, 3.8) is 0 Å². The van der Waals surface area contributed by atoms with E-state index in [0.717, 1.165) is 23.5 Å². The minimum atomic E-state index is -4.92. The molecule has 0 spiro atoms. The molecule has 17 rings (SSSR count). The van der Waals surface area contributed by atoms with Crippen LogP contribution < -0.4 is 30.5 Å². The van der Waals surface area contributed by atoms with Crippen LogP contribution in [-0.4, -0.2) is 316 Å². The van der Waals surface area contributed by atoms with Gasteiger partial charge in [-0.15, -0.1) is 14.9 Å². The zero-order valence-corrected chi connectivity index (χ0v) is 67.9. The number of phosphoric acid groups is 5. The third-order valence-electron chi connectivity index (χ3n) is 19.9. The van der Waals surface area contributed by atoms with Crippen LogP contribution in [0.2, 0.25) is 0 Å². The van der Waals surface area contributed by atoms with Crippen molar-refractivity contribution in [2.45, 2.75) is 146 Å². The molecule has 0 aromatic carbocycles. The molecular formula is C59H78N20O37P5S+. The van der Waals surface area contributed by atoms with Crippen LogP contribution in [0.1, 0.15) is 55.4 Å². The fourth-order valence-electron chi connectivity index (χ4n) is 14.5. The predicted molar refractivity (Wildman–Crippen MR) is 392 cm³/mol. The van der Waals surface area contributed by atoms with Gasteiger partial charge in [0.1, 0.15) is 140 Å². The molecule has 0 amide bonds. The fraction of sp³-hybridized carbons (Fsp3) is 0.508. The molecular weight excluding hydrogens is 1770 g/mol. The maximum Gasteiger partial charge on any atom is 0.470 e. The number of fused-ring (bicyclic) bond motifs is 9. The molecule has 2 unspecified atom stereocenters. The molecule has 122 heavy (non-hydrogen) atoms. The number of aliphatic hydroxyl groups is 10. The molecule has 5 saturated heterocycles. The Morgan fingerprint density at radius 2 is 1.06 bits per heavy atom. The van der Waals surface area contributed by atoms with E-state index in [1.807, 2.05) is 30.8 Å². The normalized spacial score (nSPS) is 29.9. The maximum atomic E-state index is 11.9. The van der Waals surface area contributed by atoms with Gasteiger partial charge in [-0.1, -0.05) is 5.75 Å². The Hall–Kier alpha value is -8.00. The molecule has 9 aromatic rings. The first-order valence-electron chi connectivity index (χ1n) is 35.3. The van der Waals surface area contributed by atoms with Gasteiger partial charge in [0.15, 0.2) is 81.6 Å². The molecule has 0 saturated carbocycles. The van der Waals surface area contributed by atoms with Crippen molar-refractivity contribution in [2.24, 2.45) is 19.2 Å². The van der Waals surface area contributed by atoms with Gasteiger partial charge >= 0.3 is 56.2 Å². The Labute approximate surface area is 685 Å². The van der Waals surface area contributed by atoms with Crippen LogP contribution in [0.4, 0.5) is 17.2 Å². The molecule has 63 heteroatoms. The molecule has 5 fully saturated rings. The van der Waals surface area contributed by atoms with Gasteiger partial charge in [0.05, 0.1) is 71.1 Å². The number of hydrazone groups is 1. The number of pyridine rings is 3. The number of nitrogens with one attached hydrogen (secondary N) is 1. The number of hydrogen-bond donors (Lipinski definition) is 23. The minimum Gasteiger partial charge on any atom is -0.870 e. The van der Waals surface area contributed by atoms with Crippen molar-refractivity contribution < 1.29 is 193 Å². The summed E-state index contributed by atoms with van der Waals surface area (Å²) in [6, 6.07) is 4.79. The number of amidine groups is 1. The van der Waals surface area contributed by atoms with Gasteiger partial charge in [-0.2, -0.15) is 14.3 Å². The monoisotopic (exact) mass is 1850 g/mol. The SMILES string of the molecule is CC1=NN(C)c2ccnc3c2[N+]1=CC3[C@@H]1O[C@H](COP(=O)(O)O)[C@@H](O)[C@H]1O.Cn1c[n+]([C@@H]2O[C@H](COP(=O)(O)O)[C@@H](O)[C@H]2O)c2nccc([O-])c21.Cn1c[n+]([C@@H]2O[C@H](COP(=O)(O)O)[C@@H](O)[C@H]2O)c2nccc([S-])c21.N=c1c2ncn([C@@H]3O[C@H](COP(=O)(O)O)[C@@H](O)[C@H]3O)c2ncn1O.Nc1ncnc2c1nc1n2[C@@H]2O[C@H](C1OP(=O)(O)O)[C@@H](O)[C@H]2O. The number of imidazole rings is 4. The zero-order valence-electron chi connectivity index (χ0n) is 62.7. The first-order valence-corrected chi connectivity index (χ1v) is 43.3. The first kappa shape index (κ1) is 91.7. The highest BCUT2D eigenvalue weighted by Crippen LogP contribution is 2.53. The molecule has 0 radical (unpaired) electrons. The van der Waals surface area contributed by atoms with Crippen molar-refractivity contribution in [3.8, 4) is 5.75 Å². The van der Waals surface area contributed by atoms with E-state index in [1.54, 1.807) is 42.3 Å². The number of phosphoric ester groups is 5. The smallest absolute Gasteiger partial charge is 0.470 e. The summed E-state index contributed by atoms with van der Waals surface area (Å²) in [5.74, 6) is 0.0678. The van der Waals surface area contributed by atoms with Gasteiger partial charge in [-0.3, -0.25) is 51.3 Å². The largest absolute Gasteiger partial charge is 0.870 e. The van der Waals surface area contributed by atoms with Gasteiger partial charge in [0.25, 0.3) is 0 Å². The lowest BCUT2D eigenvalue weighted by Crippen LogP contribution is -2.45. The summed E-state index contributed by atoms with van der Waals surface area (Å²) in [6.07, 6.45) is -13.4. The number of rotatable bonds is 18. The molecule has 8 aliphatic heterocycles. The number of aromatic nitrogens is 15. The highest BCUT2D eigenvalue weighted by Gasteiger charge is 2.58. The average molecular weight is 1850 g/mol. The third-order valence-corrected chi connectivity index (χ3v) is 22.7. The molecule has 8 aliphatic rings. The Balaban J connectivity index is 0.000000132. The van der Waals surface area contributed by atoms with E-state index in [2.05, 4.69) is 63.1 Å². The maximum absolute atomic E-state index is 11.9. The summed E-state index contributed by atoms with van der Waals surface area (Å²) < 4.78 is 115. The van der Waals surface area contributed by atoms with E-state index in [0.29, 0.717) is 26.5 Å². The van der Waals surface area contributed by atoms with Crippen molar-refractivity contribution in [1.82, 2.24) is 62.9 Å². The number of nitrogen functional groups attached to an aromatic ring is 1. The standard InChI is InChI=1S/C15H19N4O7P.C12H16N3O8P.C12H16N3O7PS.C10H14N5O8P.C10H12N5O7P/c1-7-17-18(2)9-3-4-16-11-8(5-19(7)12(9)11)15-14(21)13(20)10(26-15)6-25-27(22,23)24;1-14-5-15(11-8(14)6(16)2-3-13-11)12-10(18)9(17)7(23-12)4-22-24(19,20)21;1-14-5-15(11-8(14)7(24)2-3-13-11)12-10(17)9(16)6(22-12)4-21-23(18,19)20;11-8-5-9(13-3-15(8)18)14(2-12-5)10-7(17)6(16)4(23-10)1-22-24(19,20)21;11-7-2-8(13-1-12-7)15-9(14-2)6(22-23(18,19)20)5-3(16)4(17)10(15)21-5/h3-5,8,10,13-15,20-21H,6H2,1-2H3,(H-,22,23,24);2-3,5,7,9-10,12,17-18H,4H2,1H3,(H2-,13,16,19,20,21);2-3,5-6,9-10,12,16-17H,4H2,1H3,(H2-,13,18,19,20,24);2-4,6-7,10-11,16-18H,1H2,(H2,19,20,21);1,3-6,10,16-17H,(H2,11,12,13)(H2,18,19,20)/p+1/t8?,10-,13-,14-,15+;7-,9-,10-,12-;6-,9-,10-,12-;4-,6-,7-,10-;3-,4+,5-,6?,10+/m11110/s1. The average Bonchev–Trinajstić information content (AvgIpc) is 1.56. The second-order valence-electron chi connectivity index (χ2n) is 27.9. The predicted octanol–water partition coefficient (Wildman–Crippen LogP) is -8.70. The van der Waals surface area contributed by atoms with Crippen molar-refractivity contribution in [2.75, 3.05) is 44.2 Å². The van der Waals surface area contributed by atoms with Crippen LogP contribution in [0, 0.1) is 5.41 Å². The van der Waals surface area contributed by atoms with Gasteiger partial charge in [-0.25, -0.2) is 56.9 Å². The quantitative estimate of drug-likeness (QED) is 0.0164. The summed E-state index contributed by atoms with van der Waals surface area (Å²) in [7, 11) is -18.6. The Kier molecular flexibility index (Phi) is 26.4.